The number of hydrogen-bond donors (Lipinski definition) is 1. The van der Waals surface area contributed by atoms with Crippen LogP contribution < -0.4 is 9.47 Å². The number of benzene rings is 2. The highest BCUT2D eigenvalue weighted by atomic mass is 16.5. The number of aromatic carboxylic acids is 1. The van der Waals surface area contributed by atoms with Gasteiger partial charge in [0.15, 0.2) is 5.52 Å². The fraction of sp³-hybridized carbons (Fsp3) is 0.308. The van der Waals surface area contributed by atoms with E-state index in [0.29, 0.717) is 42.6 Å². The molecule has 1 N–H and O–H groups in total. The van der Waals surface area contributed by atoms with Crippen molar-refractivity contribution in [1.82, 2.24) is 19.7 Å². The number of carboxylic acid groups (broad SMARTS) is 1. The molecule has 2 heterocycles. The quantitative estimate of drug-likeness (QED) is 0.368. The van der Waals surface area contributed by atoms with Crippen molar-refractivity contribution in [3.63, 3.8) is 0 Å². The summed E-state index contributed by atoms with van der Waals surface area (Å²) in [5.41, 5.74) is 4.24. The first-order valence-electron chi connectivity index (χ1n) is 11.4. The highest BCUT2D eigenvalue weighted by Crippen LogP contribution is 2.33. The van der Waals surface area contributed by atoms with E-state index >= 15 is 0 Å². The molecule has 0 saturated heterocycles. The van der Waals surface area contributed by atoms with Crippen molar-refractivity contribution in [2.75, 3.05) is 13.2 Å². The number of fused-ring (bicyclic) bond motifs is 1. The lowest BCUT2D eigenvalue weighted by molar-refractivity contribution is 0.0697. The van der Waals surface area contributed by atoms with E-state index in [1.165, 1.54) is 0 Å². The van der Waals surface area contributed by atoms with Crippen molar-refractivity contribution in [1.29, 1.82) is 0 Å². The zero-order chi connectivity index (χ0) is 24.2. The molecule has 4 rings (SSSR count). The van der Waals surface area contributed by atoms with Crippen LogP contribution in [0.2, 0.25) is 0 Å². The minimum Gasteiger partial charge on any atom is -0.478 e. The summed E-state index contributed by atoms with van der Waals surface area (Å²) in [5, 5.41) is 18.0. The molecule has 0 saturated carbocycles. The van der Waals surface area contributed by atoms with Gasteiger partial charge in [0, 0.05) is 12.5 Å². The first-order valence-corrected chi connectivity index (χ1v) is 11.4. The number of ether oxygens (including phenoxy) is 2. The van der Waals surface area contributed by atoms with Gasteiger partial charge in [0.1, 0.15) is 11.3 Å². The summed E-state index contributed by atoms with van der Waals surface area (Å²) in [7, 11) is 0. The van der Waals surface area contributed by atoms with Gasteiger partial charge in [-0.25, -0.2) is 9.78 Å². The number of imidazole rings is 1. The smallest absolute Gasteiger partial charge is 0.336 e. The van der Waals surface area contributed by atoms with Crippen molar-refractivity contribution in [2.24, 2.45) is 0 Å². The molecular formula is C26H28N4O4. The summed E-state index contributed by atoms with van der Waals surface area (Å²) in [6, 6.07) is 14.9. The normalized spacial score (nSPS) is 11.2. The Hall–Kier alpha value is -3.94. The first-order chi connectivity index (χ1) is 16.4. The maximum atomic E-state index is 11.6. The standard InChI is InChI=1S/C26H28N4O4/c1-5-33-24-21-22(25(29-28-24)34-6-2)30(23(27-21)16(3)4)15-17-11-13-18(14-12-17)19-9-7-8-10-20(19)26(31)32/h7-14,16H,5-6,15H2,1-4H3,(H,31,32). The van der Waals surface area contributed by atoms with E-state index < -0.39 is 5.97 Å². The number of nitrogens with zero attached hydrogens (tertiary/aromatic N) is 4. The van der Waals surface area contributed by atoms with Crippen molar-refractivity contribution in [2.45, 2.75) is 40.2 Å². The van der Waals surface area contributed by atoms with Gasteiger partial charge >= 0.3 is 5.97 Å². The molecule has 4 aromatic rings. The zero-order valence-corrected chi connectivity index (χ0v) is 19.8. The molecule has 0 atom stereocenters. The Bertz CT molecular complexity index is 1310. The molecule has 0 spiro atoms. The summed E-state index contributed by atoms with van der Waals surface area (Å²) >= 11 is 0. The van der Waals surface area contributed by atoms with Gasteiger partial charge < -0.3 is 19.1 Å². The van der Waals surface area contributed by atoms with E-state index in [1.807, 2.05) is 50.2 Å². The van der Waals surface area contributed by atoms with Crippen LogP contribution in [0.5, 0.6) is 11.8 Å². The van der Waals surface area contributed by atoms with E-state index in [2.05, 4.69) is 28.6 Å². The molecule has 2 aromatic heterocycles. The van der Waals surface area contributed by atoms with Gasteiger partial charge in [-0.1, -0.05) is 56.3 Å². The summed E-state index contributed by atoms with van der Waals surface area (Å²) < 4.78 is 13.6. The molecule has 0 unspecified atom stereocenters. The third-order valence-electron chi connectivity index (χ3n) is 5.48. The topological polar surface area (TPSA) is 99.4 Å². The van der Waals surface area contributed by atoms with Crippen LogP contribution in [0.1, 0.15) is 55.4 Å². The average molecular weight is 461 g/mol. The molecule has 0 aliphatic carbocycles. The number of hydrogen-bond acceptors (Lipinski definition) is 6. The van der Waals surface area contributed by atoms with Crippen LogP contribution in [0, 0.1) is 0 Å². The van der Waals surface area contributed by atoms with E-state index in [0.717, 1.165) is 22.5 Å². The molecule has 34 heavy (non-hydrogen) atoms. The maximum absolute atomic E-state index is 11.6. The summed E-state index contributed by atoms with van der Waals surface area (Å²) in [6.45, 7) is 9.44. The Kier molecular flexibility index (Phi) is 6.77. The van der Waals surface area contributed by atoms with Gasteiger partial charge in [-0.2, -0.15) is 0 Å². The second kappa shape index (κ2) is 9.91. The Labute approximate surface area is 198 Å². The molecule has 0 amide bonds. The average Bonchev–Trinajstić information content (AvgIpc) is 3.21. The third kappa shape index (κ3) is 4.44. The van der Waals surface area contributed by atoms with Crippen molar-refractivity contribution in [3.05, 3.63) is 65.5 Å². The molecule has 0 bridgehead atoms. The van der Waals surface area contributed by atoms with E-state index in [9.17, 15) is 9.90 Å². The third-order valence-corrected chi connectivity index (χ3v) is 5.48. The van der Waals surface area contributed by atoms with Gasteiger partial charge in [-0.05, 0) is 36.6 Å². The van der Waals surface area contributed by atoms with Crippen molar-refractivity contribution in [3.8, 4) is 22.9 Å². The molecule has 8 heteroatoms. The lowest BCUT2D eigenvalue weighted by Crippen LogP contribution is -2.09. The van der Waals surface area contributed by atoms with E-state index in [4.69, 9.17) is 14.5 Å². The molecule has 176 valence electrons. The van der Waals surface area contributed by atoms with Crippen LogP contribution in [-0.2, 0) is 6.54 Å². The molecule has 8 nitrogen and oxygen atoms in total. The summed E-state index contributed by atoms with van der Waals surface area (Å²) in [6.07, 6.45) is 0. The summed E-state index contributed by atoms with van der Waals surface area (Å²) in [4.78, 5) is 16.5. The molecule has 0 aliphatic rings. The highest BCUT2D eigenvalue weighted by molar-refractivity contribution is 5.96. The number of aromatic nitrogens is 4. The summed E-state index contributed by atoms with van der Waals surface area (Å²) in [5.74, 6) is 0.903. The fourth-order valence-electron chi connectivity index (χ4n) is 3.98. The second-order valence-corrected chi connectivity index (χ2v) is 8.13. The Morgan fingerprint density at radius 1 is 0.971 bits per heavy atom. The molecule has 2 aromatic carbocycles. The largest absolute Gasteiger partial charge is 0.478 e. The second-order valence-electron chi connectivity index (χ2n) is 8.13. The fourth-order valence-corrected chi connectivity index (χ4v) is 3.98. The maximum Gasteiger partial charge on any atom is 0.336 e. The van der Waals surface area contributed by atoms with Gasteiger partial charge in [0.2, 0.25) is 0 Å². The minimum atomic E-state index is -0.944. The zero-order valence-electron chi connectivity index (χ0n) is 19.8. The van der Waals surface area contributed by atoms with Crippen LogP contribution >= 0.6 is 0 Å². The van der Waals surface area contributed by atoms with Gasteiger partial charge in [-0.15, -0.1) is 10.2 Å². The van der Waals surface area contributed by atoms with Gasteiger partial charge in [0.05, 0.1) is 18.8 Å². The Morgan fingerprint density at radius 2 is 1.62 bits per heavy atom. The van der Waals surface area contributed by atoms with Gasteiger partial charge in [-0.3, -0.25) is 0 Å². The van der Waals surface area contributed by atoms with E-state index in [1.54, 1.807) is 12.1 Å². The van der Waals surface area contributed by atoms with Gasteiger partial charge in [0.25, 0.3) is 11.8 Å². The van der Waals surface area contributed by atoms with Crippen LogP contribution in [0.4, 0.5) is 0 Å². The minimum absolute atomic E-state index is 0.151. The predicted octanol–water partition coefficient (Wildman–Crippen LogP) is 5.16. The Morgan fingerprint density at radius 3 is 2.26 bits per heavy atom. The highest BCUT2D eigenvalue weighted by Gasteiger charge is 2.23. The van der Waals surface area contributed by atoms with E-state index in [-0.39, 0.29) is 11.5 Å². The molecule has 0 aliphatic heterocycles. The van der Waals surface area contributed by atoms with Crippen LogP contribution in [0.25, 0.3) is 22.2 Å². The Balaban J connectivity index is 1.78. The number of rotatable bonds is 9. The molecule has 0 radical (unpaired) electrons. The molecule has 0 fully saturated rings. The predicted molar refractivity (Wildman–Crippen MR) is 130 cm³/mol. The van der Waals surface area contributed by atoms with Crippen molar-refractivity contribution < 1.29 is 19.4 Å². The number of carbonyl (C=O) groups is 1. The van der Waals surface area contributed by atoms with Crippen molar-refractivity contribution >= 4 is 17.0 Å². The lowest BCUT2D eigenvalue weighted by Gasteiger charge is -2.14. The van der Waals surface area contributed by atoms with Crippen LogP contribution in [0.15, 0.2) is 48.5 Å². The van der Waals surface area contributed by atoms with Crippen LogP contribution in [0.3, 0.4) is 0 Å². The first kappa shape index (κ1) is 23.2. The lowest BCUT2D eigenvalue weighted by atomic mass is 9.98. The number of carboxylic acids is 1. The molecular weight excluding hydrogens is 432 g/mol. The van der Waals surface area contributed by atoms with Crippen LogP contribution in [-0.4, -0.2) is 44.0 Å². The monoisotopic (exact) mass is 460 g/mol. The SMILES string of the molecule is CCOc1nnc(OCC)c2c1nc(C(C)C)n2Cc1ccc(-c2ccccc2C(=O)O)cc1.